The van der Waals surface area contributed by atoms with Gasteiger partial charge in [0.2, 0.25) is 15.9 Å². The van der Waals surface area contributed by atoms with Crippen LogP contribution in [0.15, 0.2) is 59.1 Å². The van der Waals surface area contributed by atoms with E-state index < -0.39 is 10.0 Å². The predicted octanol–water partition coefficient (Wildman–Crippen LogP) is 4.54. The molecule has 174 valence electrons. The molecular formula is C24H28N4O3S2. The van der Waals surface area contributed by atoms with Crippen LogP contribution in [0.5, 0.6) is 0 Å². The van der Waals surface area contributed by atoms with Crippen molar-refractivity contribution in [2.24, 2.45) is 5.92 Å². The van der Waals surface area contributed by atoms with Crippen molar-refractivity contribution in [3.05, 3.63) is 59.7 Å². The highest BCUT2D eigenvalue weighted by molar-refractivity contribution is 7.89. The Kier molecular flexibility index (Phi) is 6.65. The number of pyridine rings is 1. The van der Waals surface area contributed by atoms with Gasteiger partial charge in [-0.05, 0) is 36.0 Å². The van der Waals surface area contributed by atoms with E-state index in [0.717, 1.165) is 11.3 Å². The van der Waals surface area contributed by atoms with Crippen molar-refractivity contribution in [3.8, 4) is 11.3 Å². The molecule has 0 atom stereocenters. The van der Waals surface area contributed by atoms with Gasteiger partial charge < -0.3 is 5.32 Å². The van der Waals surface area contributed by atoms with Gasteiger partial charge in [-0.3, -0.25) is 9.78 Å². The van der Waals surface area contributed by atoms with E-state index in [1.807, 2.05) is 5.38 Å². The van der Waals surface area contributed by atoms with Crippen molar-refractivity contribution >= 4 is 32.4 Å². The van der Waals surface area contributed by atoms with Gasteiger partial charge in [-0.25, -0.2) is 13.4 Å². The maximum Gasteiger partial charge on any atom is 0.244 e. The molecule has 1 aliphatic heterocycles. The molecule has 0 bridgehead atoms. The number of aromatic nitrogens is 2. The van der Waals surface area contributed by atoms with Gasteiger partial charge >= 0.3 is 0 Å². The topological polar surface area (TPSA) is 92.3 Å². The van der Waals surface area contributed by atoms with Crippen molar-refractivity contribution in [1.82, 2.24) is 14.3 Å². The molecule has 0 saturated carbocycles. The van der Waals surface area contributed by atoms with Gasteiger partial charge in [0, 0.05) is 42.3 Å². The number of sulfonamides is 1. The quantitative estimate of drug-likeness (QED) is 0.574. The Morgan fingerprint density at radius 1 is 1.12 bits per heavy atom. The lowest BCUT2D eigenvalue weighted by molar-refractivity contribution is -0.120. The maximum atomic E-state index is 12.8. The van der Waals surface area contributed by atoms with Crippen LogP contribution in [0, 0.1) is 5.92 Å². The molecule has 33 heavy (non-hydrogen) atoms. The van der Waals surface area contributed by atoms with E-state index in [1.54, 1.807) is 12.3 Å². The molecule has 0 spiro atoms. The Hall–Kier alpha value is -2.62. The third-order valence-corrected chi connectivity index (χ3v) is 8.52. The molecule has 4 rings (SSSR count). The summed E-state index contributed by atoms with van der Waals surface area (Å²) in [6, 6.07) is 11.5. The zero-order chi connectivity index (χ0) is 23.6. The smallest absolute Gasteiger partial charge is 0.244 e. The van der Waals surface area contributed by atoms with Crippen molar-refractivity contribution in [3.63, 3.8) is 0 Å². The summed E-state index contributed by atoms with van der Waals surface area (Å²) in [5.74, 6) is -0.360. The van der Waals surface area contributed by atoms with Gasteiger partial charge in [-0.15, -0.1) is 11.3 Å². The van der Waals surface area contributed by atoms with Gasteiger partial charge in [0.15, 0.2) is 5.13 Å². The summed E-state index contributed by atoms with van der Waals surface area (Å²) in [4.78, 5) is 21.4. The lowest BCUT2D eigenvalue weighted by Gasteiger charge is -2.30. The number of rotatable bonds is 5. The number of anilines is 1. The molecule has 7 nitrogen and oxygen atoms in total. The highest BCUT2D eigenvalue weighted by Crippen LogP contribution is 2.29. The van der Waals surface area contributed by atoms with Crippen LogP contribution in [0.2, 0.25) is 0 Å². The molecule has 1 saturated heterocycles. The van der Waals surface area contributed by atoms with Crippen LogP contribution < -0.4 is 5.32 Å². The van der Waals surface area contributed by atoms with Crippen LogP contribution in [-0.4, -0.2) is 41.7 Å². The molecule has 9 heteroatoms. The summed E-state index contributed by atoms with van der Waals surface area (Å²) in [6.07, 6.45) is 3.83. The molecule has 2 aromatic heterocycles. The van der Waals surface area contributed by atoms with Crippen LogP contribution in [-0.2, 0) is 20.2 Å². The van der Waals surface area contributed by atoms with Crippen molar-refractivity contribution in [1.29, 1.82) is 0 Å². The first-order valence-electron chi connectivity index (χ1n) is 10.9. The molecule has 1 aromatic carbocycles. The first-order chi connectivity index (χ1) is 15.6. The number of nitrogens with one attached hydrogen (secondary N) is 1. The van der Waals surface area contributed by atoms with E-state index >= 15 is 0 Å². The van der Waals surface area contributed by atoms with Crippen LogP contribution in [0.1, 0.15) is 39.2 Å². The van der Waals surface area contributed by atoms with Gasteiger partial charge in [0.25, 0.3) is 0 Å². The highest BCUT2D eigenvalue weighted by atomic mass is 32.2. The fourth-order valence-electron chi connectivity index (χ4n) is 3.82. The second-order valence-electron chi connectivity index (χ2n) is 9.22. The van der Waals surface area contributed by atoms with Crippen molar-refractivity contribution < 1.29 is 13.2 Å². The van der Waals surface area contributed by atoms with Gasteiger partial charge in [-0.2, -0.15) is 4.31 Å². The number of carbonyl (C=O) groups is 1. The summed E-state index contributed by atoms with van der Waals surface area (Å²) in [7, 11) is -3.58. The lowest BCUT2D eigenvalue weighted by Crippen LogP contribution is -2.41. The fraction of sp³-hybridized carbons (Fsp3) is 0.375. The van der Waals surface area contributed by atoms with E-state index in [-0.39, 0.29) is 22.1 Å². The molecule has 0 radical (unpaired) electrons. The van der Waals surface area contributed by atoms with Crippen LogP contribution in [0.25, 0.3) is 11.3 Å². The monoisotopic (exact) mass is 484 g/mol. The second kappa shape index (κ2) is 9.32. The minimum atomic E-state index is -3.58. The van der Waals surface area contributed by atoms with E-state index in [2.05, 4.69) is 60.3 Å². The zero-order valence-electron chi connectivity index (χ0n) is 19.0. The molecular weight excluding hydrogens is 456 g/mol. The van der Waals surface area contributed by atoms with E-state index in [0.29, 0.717) is 31.1 Å². The van der Waals surface area contributed by atoms with Gasteiger partial charge in [-0.1, -0.05) is 45.0 Å². The molecule has 1 fully saturated rings. The summed E-state index contributed by atoms with van der Waals surface area (Å²) in [5.41, 5.74) is 3.18. The number of nitrogens with zero attached hydrogens (tertiary/aromatic N) is 3. The lowest BCUT2D eigenvalue weighted by atomic mass is 9.86. The number of piperidine rings is 1. The van der Waals surface area contributed by atoms with Crippen LogP contribution in [0.3, 0.4) is 0 Å². The summed E-state index contributed by atoms with van der Waals surface area (Å²) < 4.78 is 26.9. The van der Waals surface area contributed by atoms with E-state index in [4.69, 9.17) is 0 Å². The Morgan fingerprint density at radius 2 is 1.82 bits per heavy atom. The minimum absolute atomic E-state index is 0.0899. The fourth-order valence-corrected chi connectivity index (χ4v) is 5.98. The number of amides is 1. The molecule has 3 heterocycles. The third-order valence-electron chi connectivity index (χ3n) is 5.88. The molecule has 3 aromatic rings. The molecule has 1 N–H and O–H groups in total. The predicted molar refractivity (Wildman–Crippen MR) is 131 cm³/mol. The molecule has 0 aliphatic carbocycles. The van der Waals surface area contributed by atoms with Gasteiger partial charge in [0.05, 0.1) is 5.69 Å². The minimum Gasteiger partial charge on any atom is -0.302 e. The Bertz CT molecular complexity index is 1210. The van der Waals surface area contributed by atoms with E-state index in [9.17, 15) is 13.2 Å². The number of thiazole rings is 1. The molecule has 1 aliphatic rings. The molecule has 1 amide bonds. The van der Waals surface area contributed by atoms with Crippen molar-refractivity contribution in [2.75, 3.05) is 18.4 Å². The Labute approximate surface area is 199 Å². The largest absolute Gasteiger partial charge is 0.302 e. The SMILES string of the molecule is CC(C)(C)c1ccc(-c2csc(NC(=O)C3CCN(S(=O)(=O)c4cccnc4)CC3)n2)cc1. The standard InChI is InChI=1S/C24H28N4O3S2/c1-24(2,3)19-8-6-17(7-9-19)21-16-32-23(26-21)27-22(29)18-10-13-28(14-11-18)33(30,31)20-5-4-12-25-15-20/h4-9,12,15-16,18H,10-11,13-14H2,1-3H3,(H,26,27,29). The number of hydrogen-bond donors (Lipinski definition) is 1. The van der Waals surface area contributed by atoms with E-state index in [1.165, 1.54) is 33.5 Å². The molecule has 0 unspecified atom stereocenters. The normalized spacial score (nSPS) is 16.0. The second-order valence-corrected chi connectivity index (χ2v) is 12.0. The van der Waals surface area contributed by atoms with Crippen LogP contribution >= 0.6 is 11.3 Å². The zero-order valence-corrected chi connectivity index (χ0v) is 20.6. The third kappa shape index (κ3) is 5.31. The average molecular weight is 485 g/mol. The average Bonchev–Trinajstić information content (AvgIpc) is 3.27. The van der Waals surface area contributed by atoms with Crippen molar-refractivity contribution in [2.45, 2.75) is 43.9 Å². The Morgan fingerprint density at radius 3 is 2.42 bits per heavy atom. The maximum absolute atomic E-state index is 12.8. The number of carbonyl (C=O) groups excluding carboxylic acids is 1. The number of hydrogen-bond acceptors (Lipinski definition) is 6. The first-order valence-corrected chi connectivity index (χ1v) is 13.2. The Balaban J connectivity index is 1.35. The summed E-state index contributed by atoms with van der Waals surface area (Å²) in [5, 5.41) is 5.40. The summed E-state index contributed by atoms with van der Waals surface area (Å²) >= 11 is 1.39. The summed E-state index contributed by atoms with van der Waals surface area (Å²) in [6.45, 7) is 7.14. The van der Waals surface area contributed by atoms with Gasteiger partial charge in [0.1, 0.15) is 4.90 Å². The van der Waals surface area contributed by atoms with Crippen LogP contribution in [0.4, 0.5) is 5.13 Å². The number of benzene rings is 1. The highest BCUT2D eigenvalue weighted by Gasteiger charge is 2.32. The first kappa shape index (κ1) is 23.5.